The van der Waals surface area contributed by atoms with E-state index in [4.69, 9.17) is 9.97 Å². The molecule has 6 heteroatoms. The molecule has 0 aliphatic heterocycles. The van der Waals surface area contributed by atoms with Crippen molar-refractivity contribution in [3.8, 4) is 46.3 Å². The molecule has 0 amide bonds. The van der Waals surface area contributed by atoms with E-state index < -0.39 is 0 Å². The van der Waals surface area contributed by atoms with Gasteiger partial charge in [-0.2, -0.15) is 10.5 Å². The van der Waals surface area contributed by atoms with E-state index in [-0.39, 0.29) is 0 Å². The molecule has 222 valence electrons. The molecule has 0 fully saturated rings. The van der Waals surface area contributed by atoms with Gasteiger partial charge in [0.1, 0.15) is 6.07 Å². The second-order valence-electron chi connectivity index (χ2n) is 11.7. The van der Waals surface area contributed by atoms with Gasteiger partial charge in [0.25, 0.3) is 0 Å². The predicted octanol–water partition coefficient (Wildman–Crippen LogP) is 9.75. The molecule has 0 spiro atoms. The Balaban J connectivity index is 1.39. The summed E-state index contributed by atoms with van der Waals surface area (Å²) in [6.45, 7) is 0. The zero-order valence-corrected chi connectivity index (χ0v) is 25.5. The van der Waals surface area contributed by atoms with Gasteiger partial charge in [-0.3, -0.25) is 4.57 Å². The summed E-state index contributed by atoms with van der Waals surface area (Å²) >= 11 is 0. The summed E-state index contributed by atoms with van der Waals surface area (Å²) in [6, 6.07) is 53.3. The Labute approximate surface area is 275 Å². The average Bonchev–Trinajstić information content (AvgIpc) is 3.66. The van der Waals surface area contributed by atoms with Crippen LogP contribution in [0.3, 0.4) is 0 Å². The van der Waals surface area contributed by atoms with Crippen molar-refractivity contribution in [3.05, 3.63) is 157 Å². The van der Waals surface area contributed by atoms with Gasteiger partial charge in [0, 0.05) is 32.7 Å². The minimum absolute atomic E-state index is 0.443. The standard InChI is InChI=1S/C42H24N6/c43-25-27-19-20-37(30(21-27)26-44)47-38-17-9-7-15-31(38)33-23-41-34(22-40(33)47)32-16-8-10-18-39(32)48(41)42-45-35(28-11-3-1-4-12-28)24-36(46-42)29-13-5-2-6-14-29/h1-24H. The first-order valence-corrected chi connectivity index (χ1v) is 15.6. The van der Waals surface area contributed by atoms with Crippen molar-refractivity contribution in [1.82, 2.24) is 19.1 Å². The molecule has 9 aromatic rings. The number of hydrogen-bond acceptors (Lipinski definition) is 4. The minimum atomic E-state index is 0.443. The van der Waals surface area contributed by atoms with Crippen LogP contribution in [0, 0.1) is 22.7 Å². The van der Waals surface area contributed by atoms with E-state index in [1.54, 1.807) is 12.1 Å². The summed E-state index contributed by atoms with van der Waals surface area (Å²) in [4.78, 5) is 10.4. The SMILES string of the molecule is N#Cc1ccc(-n2c3ccccc3c3cc4c(cc32)c2ccccc2n4-c2nc(-c3ccccc3)cc(-c3ccccc3)n2)c(C#N)c1. The second kappa shape index (κ2) is 10.8. The predicted molar refractivity (Wildman–Crippen MR) is 191 cm³/mol. The molecule has 3 heterocycles. The average molecular weight is 613 g/mol. The fourth-order valence-corrected chi connectivity index (χ4v) is 6.84. The van der Waals surface area contributed by atoms with Crippen LogP contribution in [0.4, 0.5) is 0 Å². The molecule has 0 saturated heterocycles. The molecule has 0 N–H and O–H groups in total. The fourth-order valence-electron chi connectivity index (χ4n) is 6.84. The summed E-state index contributed by atoms with van der Waals surface area (Å²) in [7, 11) is 0. The first-order valence-electron chi connectivity index (χ1n) is 15.6. The normalized spacial score (nSPS) is 11.3. The molecule has 0 bridgehead atoms. The first-order chi connectivity index (χ1) is 23.7. The van der Waals surface area contributed by atoms with E-state index in [1.807, 2.05) is 60.7 Å². The van der Waals surface area contributed by atoms with Crippen molar-refractivity contribution >= 4 is 43.6 Å². The number of aromatic nitrogens is 4. The van der Waals surface area contributed by atoms with Gasteiger partial charge >= 0.3 is 0 Å². The molecule has 0 radical (unpaired) electrons. The van der Waals surface area contributed by atoms with Gasteiger partial charge in [-0.05, 0) is 48.5 Å². The third-order valence-corrected chi connectivity index (χ3v) is 9.01. The summed E-state index contributed by atoms with van der Waals surface area (Å²) in [5.41, 5.74) is 9.27. The minimum Gasteiger partial charge on any atom is -0.308 e. The summed E-state index contributed by atoms with van der Waals surface area (Å²) in [6.07, 6.45) is 0. The fraction of sp³-hybridized carbons (Fsp3) is 0. The largest absolute Gasteiger partial charge is 0.308 e. The summed E-state index contributed by atoms with van der Waals surface area (Å²) < 4.78 is 4.30. The highest BCUT2D eigenvalue weighted by molar-refractivity contribution is 6.19. The lowest BCUT2D eigenvalue weighted by Crippen LogP contribution is -2.04. The Hall–Kier alpha value is -7.02. The van der Waals surface area contributed by atoms with Crippen molar-refractivity contribution < 1.29 is 0 Å². The Kier molecular flexibility index (Phi) is 6.15. The van der Waals surface area contributed by atoms with E-state index in [9.17, 15) is 10.5 Å². The van der Waals surface area contributed by atoms with Crippen molar-refractivity contribution in [2.45, 2.75) is 0 Å². The van der Waals surface area contributed by atoms with E-state index in [0.29, 0.717) is 17.1 Å². The van der Waals surface area contributed by atoms with E-state index >= 15 is 0 Å². The second-order valence-corrected chi connectivity index (χ2v) is 11.7. The molecular weight excluding hydrogens is 589 g/mol. The van der Waals surface area contributed by atoms with Crippen molar-refractivity contribution in [2.24, 2.45) is 0 Å². The molecule has 0 unspecified atom stereocenters. The van der Waals surface area contributed by atoms with Gasteiger partial charge in [-0.15, -0.1) is 0 Å². The first kappa shape index (κ1) is 27.3. The third-order valence-electron chi connectivity index (χ3n) is 9.01. The maximum absolute atomic E-state index is 10.1. The molecule has 0 saturated carbocycles. The molecule has 6 nitrogen and oxygen atoms in total. The van der Waals surface area contributed by atoms with Crippen LogP contribution in [0.1, 0.15) is 11.1 Å². The number of para-hydroxylation sites is 2. The van der Waals surface area contributed by atoms with Crippen molar-refractivity contribution in [3.63, 3.8) is 0 Å². The van der Waals surface area contributed by atoms with Crippen LogP contribution in [0.5, 0.6) is 0 Å². The topological polar surface area (TPSA) is 83.2 Å². The Bertz CT molecular complexity index is 2740. The van der Waals surface area contributed by atoms with Gasteiger partial charge in [0.15, 0.2) is 0 Å². The number of hydrogen-bond donors (Lipinski definition) is 0. The Morgan fingerprint density at radius 2 is 0.958 bits per heavy atom. The maximum Gasteiger partial charge on any atom is 0.235 e. The maximum atomic E-state index is 10.1. The van der Waals surface area contributed by atoms with Crippen LogP contribution >= 0.6 is 0 Å². The molecule has 48 heavy (non-hydrogen) atoms. The van der Waals surface area contributed by atoms with Gasteiger partial charge in [0.05, 0.1) is 56.3 Å². The van der Waals surface area contributed by atoms with E-state index in [2.05, 4.69) is 94.1 Å². The van der Waals surface area contributed by atoms with Crippen LogP contribution in [0.25, 0.3) is 77.8 Å². The lowest BCUT2D eigenvalue weighted by Gasteiger charge is -2.12. The van der Waals surface area contributed by atoms with Crippen LogP contribution in [-0.4, -0.2) is 19.1 Å². The molecule has 3 aromatic heterocycles. The summed E-state index contributed by atoms with van der Waals surface area (Å²) in [5, 5.41) is 23.9. The molecule has 9 rings (SSSR count). The third kappa shape index (κ3) is 4.18. The van der Waals surface area contributed by atoms with Crippen molar-refractivity contribution in [2.75, 3.05) is 0 Å². The monoisotopic (exact) mass is 612 g/mol. The van der Waals surface area contributed by atoms with Crippen molar-refractivity contribution in [1.29, 1.82) is 10.5 Å². The number of fused-ring (bicyclic) bond motifs is 6. The highest BCUT2D eigenvalue weighted by Crippen LogP contribution is 2.40. The number of nitrogens with zero attached hydrogens (tertiary/aromatic N) is 6. The lowest BCUT2D eigenvalue weighted by molar-refractivity contribution is 0.996. The molecule has 0 atom stereocenters. The van der Waals surface area contributed by atoms with Gasteiger partial charge in [0.2, 0.25) is 5.95 Å². The van der Waals surface area contributed by atoms with Gasteiger partial charge < -0.3 is 4.57 Å². The van der Waals surface area contributed by atoms with Gasteiger partial charge in [-0.25, -0.2) is 9.97 Å². The number of benzene rings is 6. The molecular formula is C42H24N6. The Morgan fingerprint density at radius 3 is 1.52 bits per heavy atom. The number of nitriles is 2. The molecule has 0 aliphatic rings. The summed E-state index contributed by atoms with van der Waals surface area (Å²) in [5.74, 6) is 0.586. The lowest BCUT2D eigenvalue weighted by atomic mass is 10.1. The molecule has 0 aliphatic carbocycles. The smallest absolute Gasteiger partial charge is 0.235 e. The zero-order chi connectivity index (χ0) is 32.2. The highest BCUT2D eigenvalue weighted by Gasteiger charge is 2.21. The van der Waals surface area contributed by atoms with E-state index in [1.165, 1.54) is 0 Å². The van der Waals surface area contributed by atoms with Crippen LogP contribution in [0.15, 0.2) is 146 Å². The molecule has 6 aromatic carbocycles. The quantitative estimate of drug-likeness (QED) is 0.198. The number of rotatable bonds is 4. The van der Waals surface area contributed by atoms with E-state index in [0.717, 1.165) is 71.8 Å². The zero-order valence-electron chi connectivity index (χ0n) is 25.5. The highest BCUT2D eigenvalue weighted by atomic mass is 15.2. The van der Waals surface area contributed by atoms with Crippen LogP contribution in [0.2, 0.25) is 0 Å². The Morgan fingerprint density at radius 1 is 0.438 bits per heavy atom. The van der Waals surface area contributed by atoms with Crippen LogP contribution < -0.4 is 0 Å². The van der Waals surface area contributed by atoms with Gasteiger partial charge in [-0.1, -0.05) is 97.1 Å². The van der Waals surface area contributed by atoms with Crippen LogP contribution in [-0.2, 0) is 0 Å².